The van der Waals surface area contributed by atoms with Crippen molar-refractivity contribution < 1.29 is 38.4 Å². The molecule has 0 aliphatic rings. The quantitative estimate of drug-likeness (QED) is 0.0662. The summed E-state index contributed by atoms with van der Waals surface area (Å²) in [7, 11) is 0. The second kappa shape index (κ2) is 19.7. The normalized spacial score (nSPS) is 13.6. The molecular weight excluding hydrogens is 649 g/mol. The van der Waals surface area contributed by atoms with Crippen molar-refractivity contribution in [2.75, 3.05) is 18.1 Å². The van der Waals surface area contributed by atoms with Crippen molar-refractivity contribution in [2.45, 2.75) is 49.5 Å². The van der Waals surface area contributed by atoms with Crippen LogP contribution < -0.4 is 0 Å². The van der Waals surface area contributed by atoms with Gasteiger partial charge >= 0.3 is 17.9 Å². The van der Waals surface area contributed by atoms with Crippen LogP contribution in [0.25, 0.3) is 0 Å². The van der Waals surface area contributed by atoms with Crippen molar-refractivity contribution in [2.24, 2.45) is 0 Å². The Morgan fingerprint density at radius 3 is 1.42 bits per heavy atom. The van der Waals surface area contributed by atoms with Crippen molar-refractivity contribution >= 4 is 41.4 Å². The smallest absolute Gasteiger partial charge is 0.338 e. The van der Waals surface area contributed by atoms with Gasteiger partial charge in [-0.15, -0.1) is 23.5 Å². The van der Waals surface area contributed by atoms with E-state index >= 15 is 0 Å². The monoisotopic (exact) mass is 688 g/mol. The molecule has 0 aliphatic heterocycles. The molecule has 10 heteroatoms. The third-order valence-electron chi connectivity index (χ3n) is 7.13. The minimum absolute atomic E-state index is 0.163. The van der Waals surface area contributed by atoms with Gasteiger partial charge < -0.3 is 24.1 Å². The number of aliphatic hydroxyl groups excluding tert-OH is 1. The summed E-state index contributed by atoms with van der Waals surface area (Å²) in [5, 5.41) is 12.0. The highest BCUT2D eigenvalue weighted by molar-refractivity contribution is 8.17. The Morgan fingerprint density at radius 1 is 0.583 bits per heavy atom. The lowest BCUT2D eigenvalue weighted by atomic mass is 10.0. The van der Waals surface area contributed by atoms with Gasteiger partial charge in [-0.25, -0.2) is 14.4 Å². The summed E-state index contributed by atoms with van der Waals surface area (Å²) in [6.07, 6.45) is -5.56. The molecule has 0 spiro atoms. The van der Waals surface area contributed by atoms with Crippen LogP contribution in [0.3, 0.4) is 0 Å². The molecule has 252 valence electrons. The Labute approximate surface area is 290 Å². The Morgan fingerprint density at radius 2 is 0.979 bits per heavy atom. The van der Waals surface area contributed by atoms with Crippen LogP contribution in [0.1, 0.15) is 50.5 Å². The lowest BCUT2D eigenvalue weighted by Gasteiger charge is -2.37. The summed E-state index contributed by atoms with van der Waals surface area (Å²) in [6, 6.07) is 34.4. The van der Waals surface area contributed by atoms with E-state index in [0.29, 0.717) is 11.5 Å². The number of aliphatic hydroxyl groups is 1. The SMILES string of the molecule is CCSC(SCC)[C@@H](O)[C@H](OC(=O)c1ccccc1)[C@H](OC(=O)c1ccccc1)[C@@H](COCc1ccccc1)OC(=O)c1ccccc1. The lowest BCUT2D eigenvalue weighted by Crippen LogP contribution is -2.54. The molecule has 0 aromatic heterocycles. The van der Waals surface area contributed by atoms with Crippen molar-refractivity contribution in [1.29, 1.82) is 0 Å². The number of thioether (sulfide) groups is 2. The van der Waals surface area contributed by atoms with E-state index in [4.69, 9.17) is 18.9 Å². The summed E-state index contributed by atoms with van der Waals surface area (Å²) in [5.74, 6) is -0.861. The first kappa shape index (κ1) is 36.7. The third-order valence-corrected chi connectivity index (χ3v) is 9.83. The van der Waals surface area contributed by atoms with Gasteiger partial charge in [0.05, 0.1) is 34.5 Å². The predicted octanol–water partition coefficient (Wildman–Crippen LogP) is 7.07. The van der Waals surface area contributed by atoms with E-state index < -0.39 is 46.9 Å². The summed E-state index contributed by atoms with van der Waals surface area (Å²) >= 11 is 2.95. The predicted molar refractivity (Wildman–Crippen MR) is 189 cm³/mol. The van der Waals surface area contributed by atoms with E-state index in [-0.39, 0.29) is 29.9 Å². The molecule has 0 saturated carbocycles. The van der Waals surface area contributed by atoms with Crippen LogP contribution in [0, 0.1) is 0 Å². The number of benzene rings is 4. The minimum atomic E-state index is -1.47. The Balaban J connectivity index is 1.78. The van der Waals surface area contributed by atoms with Crippen LogP contribution in [0.15, 0.2) is 121 Å². The van der Waals surface area contributed by atoms with Gasteiger partial charge in [0.25, 0.3) is 0 Å². The number of rotatable bonds is 18. The average molecular weight is 689 g/mol. The molecule has 0 amide bonds. The molecule has 4 aromatic rings. The van der Waals surface area contributed by atoms with Crippen LogP contribution in [-0.2, 0) is 25.6 Å². The average Bonchev–Trinajstić information content (AvgIpc) is 3.13. The van der Waals surface area contributed by atoms with Crippen LogP contribution >= 0.6 is 23.5 Å². The van der Waals surface area contributed by atoms with E-state index in [1.807, 2.05) is 44.2 Å². The highest BCUT2D eigenvalue weighted by Gasteiger charge is 2.45. The second-order valence-corrected chi connectivity index (χ2v) is 13.7. The molecule has 0 bridgehead atoms. The van der Waals surface area contributed by atoms with Gasteiger partial charge in [0.1, 0.15) is 6.10 Å². The number of esters is 3. The van der Waals surface area contributed by atoms with Gasteiger partial charge in [-0.3, -0.25) is 0 Å². The topological polar surface area (TPSA) is 108 Å². The highest BCUT2D eigenvalue weighted by Crippen LogP contribution is 2.32. The molecule has 0 heterocycles. The maximum Gasteiger partial charge on any atom is 0.338 e. The van der Waals surface area contributed by atoms with Crippen molar-refractivity contribution in [3.05, 3.63) is 144 Å². The van der Waals surface area contributed by atoms with Crippen LogP contribution in [0.4, 0.5) is 0 Å². The molecule has 4 rings (SSSR count). The van der Waals surface area contributed by atoms with Crippen molar-refractivity contribution in [3.8, 4) is 0 Å². The Hall–Kier alpha value is -4.09. The van der Waals surface area contributed by atoms with E-state index in [0.717, 1.165) is 5.56 Å². The summed E-state index contributed by atoms with van der Waals surface area (Å²) < 4.78 is 23.8. The zero-order valence-electron chi connectivity index (χ0n) is 26.9. The maximum absolute atomic E-state index is 13.7. The van der Waals surface area contributed by atoms with Gasteiger partial charge in [0, 0.05) is 0 Å². The molecule has 0 fully saturated rings. The molecule has 0 unspecified atom stereocenters. The fourth-order valence-corrected chi connectivity index (χ4v) is 7.35. The van der Waals surface area contributed by atoms with Crippen LogP contribution in [-0.4, -0.2) is 70.1 Å². The largest absolute Gasteiger partial charge is 0.452 e. The maximum atomic E-state index is 13.7. The minimum Gasteiger partial charge on any atom is -0.452 e. The summed E-state index contributed by atoms with van der Waals surface area (Å²) in [6.45, 7) is 3.84. The van der Waals surface area contributed by atoms with Gasteiger partial charge in [0.15, 0.2) is 18.3 Å². The fourth-order valence-electron chi connectivity index (χ4n) is 4.79. The highest BCUT2D eigenvalue weighted by atomic mass is 32.2. The molecular formula is C38H40O8S2. The molecule has 4 aromatic carbocycles. The number of ether oxygens (including phenoxy) is 4. The molecule has 1 N–H and O–H groups in total. The molecule has 0 saturated heterocycles. The third kappa shape index (κ3) is 11.0. The number of hydrogen-bond donors (Lipinski definition) is 1. The number of hydrogen-bond acceptors (Lipinski definition) is 10. The first-order chi connectivity index (χ1) is 23.4. The summed E-state index contributed by atoms with van der Waals surface area (Å²) in [5.41, 5.74) is 1.60. The zero-order valence-corrected chi connectivity index (χ0v) is 28.5. The molecule has 4 atom stereocenters. The standard InChI is InChI=1S/C38H40O8S2/c1-3-47-38(48-4-2)32(39)34(46-37(42)30-23-15-8-16-24-30)33(45-36(41)29-21-13-7-14-22-29)31(26-43-25-27-17-9-5-10-18-27)44-35(40)28-19-11-6-12-20-28/h5-24,31-34,38-39H,3-4,25-26H2,1-2H3/t31-,32+,33-,34+/m1/s1. The van der Waals surface area contributed by atoms with E-state index in [2.05, 4.69) is 0 Å². The van der Waals surface area contributed by atoms with Gasteiger partial charge in [-0.05, 0) is 53.5 Å². The van der Waals surface area contributed by atoms with Crippen molar-refractivity contribution in [1.82, 2.24) is 0 Å². The number of carbonyl (C=O) groups excluding carboxylic acids is 3. The molecule has 0 aliphatic carbocycles. The molecule has 8 nitrogen and oxygen atoms in total. The van der Waals surface area contributed by atoms with Crippen LogP contribution in [0.5, 0.6) is 0 Å². The Kier molecular flexibility index (Phi) is 15.1. The second-order valence-electron chi connectivity index (χ2n) is 10.6. The molecule has 48 heavy (non-hydrogen) atoms. The van der Waals surface area contributed by atoms with Gasteiger partial charge in [-0.1, -0.05) is 98.8 Å². The van der Waals surface area contributed by atoms with E-state index in [1.165, 1.54) is 23.5 Å². The summed E-state index contributed by atoms with van der Waals surface area (Å²) in [4.78, 5) is 40.8. The van der Waals surface area contributed by atoms with E-state index in [1.54, 1.807) is 91.0 Å². The fraction of sp³-hybridized carbons (Fsp3) is 0.289. The van der Waals surface area contributed by atoms with Crippen LogP contribution in [0.2, 0.25) is 0 Å². The van der Waals surface area contributed by atoms with E-state index in [9.17, 15) is 19.5 Å². The Bertz CT molecular complexity index is 1530. The number of carbonyl (C=O) groups is 3. The lowest BCUT2D eigenvalue weighted by molar-refractivity contribution is -0.132. The first-order valence-electron chi connectivity index (χ1n) is 15.7. The van der Waals surface area contributed by atoms with Crippen molar-refractivity contribution in [3.63, 3.8) is 0 Å². The zero-order chi connectivity index (χ0) is 34.1. The first-order valence-corrected chi connectivity index (χ1v) is 17.8. The molecule has 0 radical (unpaired) electrons. The van der Waals surface area contributed by atoms with Gasteiger partial charge in [-0.2, -0.15) is 0 Å². The van der Waals surface area contributed by atoms with Gasteiger partial charge in [0.2, 0.25) is 0 Å².